The Labute approximate surface area is 75.4 Å². The molecule has 0 fully saturated rings. The van der Waals surface area contributed by atoms with Crippen LogP contribution in [0, 0.1) is 0 Å². The third-order valence-electron chi connectivity index (χ3n) is 1.54. The quantitative estimate of drug-likeness (QED) is 0.693. The predicted molar refractivity (Wildman–Crippen MR) is 45.2 cm³/mol. The zero-order valence-electron chi connectivity index (χ0n) is 6.93. The lowest BCUT2D eigenvalue weighted by molar-refractivity contribution is 0.0853. The van der Waals surface area contributed by atoms with Gasteiger partial charge in [0.05, 0.1) is 6.61 Å². The molecule has 0 spiro atoms. The minimum absolute atomic E-state index is 0.0170. The van der Waals surface area contributed by atoms with E-state index in [9.17, 15) is 4.79 Å². The second kappa shape index (κ2) is 4.47. The smallest absolute Gasteiger partial charge is 0.450 e. The number of aliphatic hydroxyl groups is 1. The number of rotatable bonds is 3. The topological polar surface area (TPSA) is 66.8 Å². The van der Waals surface area contributed by atoms with Gasteiger partial charge in [0.15, 0.2) is 0 Å². The van der Waals surface area contributed by atoms with Crippen molar-refractivity contribution in [3.63, 3.8) is 0 Å². The molecule has 0 amide bonds. The highest BCUT2D eigenvalue weighted by molar-refractivity contribution is 5.56. The molecule has 0 bridgehead atoms. The van der Waals surface area contributed by atoms with Crippen LogP contribution in [0.3, 0.4) is 0 Å². The Bertz CT molecular complexity index is 295. The van der Waals surface area contributed by atoms with Crippen molar-refractivity contribution in [3.8, 4) is 0 Å². The van der Waals surface area contributed by atoms with Gasteiger partial charge in [0, 0.05) is 0 Å². The summed E-state index contributed by atoms with van der Waals surface area (Å²) in [6, 6.07) is 6.93. The molecule has 0 atom stereocenters. The second-order valence-corrected chi connectivity index (χ2v) is 2.53. The molecule has 0 heterocycles. The highest BCUT2D eigenvalue weighted by Gasteiger charge is 1.99. The Morgan fingerprint density at radius 1 is 1.38 bits per heavy atom. The number of hydrogen-bond donors (Lipinski definition) is 2. The van der Waals surface area contributed by atoms with E-state index in [1.54, 1.807) is 24.3 Å². The molecule has 0 saturated heterocycles. The van der Waals surface area contributed by atoms with E-state index in [1.165, 1.54) is 0 Å². The molecule has 2 N–H and O–H groups in total. The first kappa shape index (κ1) is 9.54. The van der Waals surface area contributed by atoms with Gasteiger partial charge in [-0.2, -0.15) is 0 Å². The average molecular weight is 182 g/mol. The van der Waals surface area contributed by atoms with Gasteiger partial charge in [-0.25, -0.2) is 4.79 Å². The van der Waals surface area contributed by atoms with Crippen LogP contribution in [-0.2, 0) is 18.0 Å². The van der Waals surface area contributed by atoms with Crippen molar-refractivity contribution in [1.82, 2.24) is 0 Å². The third kappa shape index (κ3) is 3.13. The van der Waals surface area contributed by atoms with Crippen molar-refractivity contribution in [1.29, 1.82) is 0 Å². The molecule has 0 aliphatic rings. The van der Waals surface area contributed by atoms with Gasteiger partial charge in [0.25, 0.3) is 0 Å². The van der Waals surface area contributed by atoms with Gasteiger partial charge in [-0.15, -0.1) is 0 Å². The molecule has 1 aromatic carbocycles. The maximum Gasteiger partial charge on any atom is 0.506 e. The SMILES string of the molecule is O=C(O)OCc1cccc(CO)c1. The molecule has 13 heavy (non-hydrogen) atoms. The van der Waals surface area contributed by atoms with Gasteiger partial charge in [-0.05, 0) is 11.1 Å². The summed E-state index contributed by atoms with van der Waals surface area (Å²) in [6.45, 7) is -0.0376. The number of carboxylic acid groups (broad SMARTS) is 1. The summed E-state index contributed by atoms with van der Waals surface area (Å²) in [5.74, 6) is 0. The first-order chi connectivity index (χ1) is 6.22. The number of hydrogen-bond acceptors (Lipinski definition) is 3. The van der Waals surface area contributed by atoms with Gasteiger partial charge in [-0.1, -0.05) is 24.3 Å². The van der Waals surface area contributed by atoms with Crippen LogP contribution in [0.2, 0.25) is 0 Å². The molecule has 0 aromatic heterocycles. The molecular weight excluding hydrogens is 172 g/mol. The van der Waals surface area contributed by atoms with E-state index in [1.807, 2.05) is 0 Å². The maximum atomic E-state index is 10.1. The summed E-state index contributed by atoms with van der Waals surface area (Å²) >= 11 is 0. The van der Waals surface area contributed by atoms with Crippen molar-refractivity contribution < 1.29 is 19.7 Å². The van der Waals surface area contributed by atoms with Crippen LogP contribution in [-0.4, -0.2) is 16.4 Å². The second-order valence-electron chi connectivity index (χ2n) is 2.53. The molecule has 1 aromatic rings. The van der Waals surface area contributed by atoms with Crippen LogP contribution >= 0.6 is 0 Å². The van der Waals surface area contributed by atoms with Crippen molar-refractivity contribution in [3.05, 3.63) is 35.4 Å². The minimum Gasteiger partial charge on any atom is -0.450 e. The van der Waals surface area contributed by atoms with Crippen LogP contribution in [0.1, 0.15) is 11.1 Å². The number of carbonyl (C=O) groups is 1. The van der Waals surface area contributed by atoms with E-state index in [4.69, 9.17) is 10.2 Å². The van der Waals surface area contributed by atoms with Gasteiger partial charge >= 0.3 is 6.16 Å². The average Bonchev–Trinajstić information content (AvgIpc) is 2.15. The molecule has 0 radical (unpaired) electrons. The fraction of sp³-hybridized carbons (Fsp3) is 0.222. The number of benzene rings is 1. The monoisotopic (exact) mass is 182 g/mol. The van der Waals surface area contributed by atoms with E-state index in [0.717, 1.165) is 11.1 Å². The first-order valence-corrected chi connectivity index (χ1v) is 3.77. The third-order valence-corrected chi connectivity index (χ3v) is 1.54. The van der Waals surface area contributed by atoms with E-state index in [0.29, 0.717) is 0 Å². The molecule has 4 heteroatoms. The molecule has 4 nitrogen and oxygen atoms in total. The lowest BCUT2D eigenvalue weighted by atomic mass is 10.1. The number of ether oxygens (including phenoxy) is 1. The van der Waals surface area contributed by atoms with Gasteiger partial charge in [0.1, 0.15) is 6.61 Å². The minimum atomic E-state index is -1.30. The summed E-state index contributed by atoms with van der Waals surface area (Å²) in [6.07, 6.45) is -1.30. The van der Waals surface area contributed by atoms with E-state index < -0.39 is 6.16 Å². The Hall–Kier alpha value is -1.55. The number of aliphatic hydroxyl groups excluding tert-OH is 1. The first-order valence-electron chi connectivity index (χ1n) is 3.77. The zero-order valence-corrected chi connectivity index (χ0v) is 6.93. The van der Waals surface area contributed by atoms with E-state index >= 15 is 0 Å². The van der Waals surface area contributed by atoms with E-state index in [2.05, 4.69) is 4.74 Å². The maximum absolute atomic E-state index is 10.1. The summed E-state index contributed by atoms with van der Waals surface area (Å²) in [5, 5.41) is 17.0. The van der Waals surface area contributed by atoms with Crippen LogP contribution < -0.4 is 0 Å². The van der Waals surface area contributed by atoms with E-state index in [-0.39, 0.29) is 13.2 Å². The Morgan fingerprint density at radius 3 is 2.69 bits per heavy atom. The molecule has 0 aliphatic carbocycles. The summed E-state index contributed by atoms with van der Waals surface area (Å²) in [4.78, 5) is 10.1. The Morgan fingerprint density at radius 2 is 2.08 bits per heavy atom. The summed E-state index contributed by atoms with van der Waals surface area (Å²) < 4.78 is 4.36. The van der Waals surface area contributed by atoms with Crippen molar-refractivity contribution in [2.75, 3.05) is 0 Å². The van der Waals surface area contributed by atoms with Gasteiger partial charge in [0.2, 0.25) is 0 Å². The largest absolute Gasteiger partial charge is 0.506 e. The molecular formula is C9H10O4. The van der Waals surface area contributed by atoms with Gasteiger partial charge in [-0.3, -0.25) is 0 Å². The Balaban J connectivity index is 2.61. The zero-order chi connectivity index (χ0) is 9.68. The highest BCUT2D eigenvalue weighted by Crippen LogP contribution is 2.06. The van der Waals surface area contributed by atoms with Gasteiger partial charge < -0.3 is 14.9 Å². The lowest BCUT2D eigenvalue weighted by Crippen LogP contribution is -2.00. The van der Waals surface area contributed by atoms with Crippen LogP contribution in [0.4, 0.5) is 4.79 Å². The predicted octanol–water partition coefficient (Wildman–Crippen LogP) is 1.37. The van der Waals surface area contributed by atoms with Crippen LogP contribution in [0.5, 0.6) is 0 Å². The van der Waals surface area contributed by atoms with Crippen molar-refractivity contribution in [2.24, 2.45) is 0 Å². The summed E-state index contributed by atoms with van der Waals surface area (Å²) in [5.41, 5.74) is 1.47. The standard InChI is InChI=1S/C9H10O4/c10-5-7-2-1-3-8(4-7)6-13-9(11)12/h1-4,10H,5-6H2,(H,11,12). The lowest BCUT2D eigenvalue weighted by Gasteiger charge is -2.02. The fourth-order valence-electron chi connectivity index (χ4n) is 0.963. The fourth-order valence-corrected chi connectivity index (χ4v) is 0.963. The molecule has 0 saturated carbocycles. The van der Waals surface area contributed by atoms with Crippen LogP contribution in [0.15, 0.2) is 24.3 Å². The van der Waals surface area contributed by atoms with Crippen molar-refractivity contribution >= 4 is 6.16 Å². The molecule has 70 valence electrons. The van der Waals surface area contributed by atoms with Crippen LogP contribution in [0.25, 0.3) is 0 Å². The molecule has 0 aliphatic heterocycles. The normalized spacial score (nSPS) is 9.62. The highest BCUT2D eigenvalue weighted by atomic mass is 16.7. The molecule has 0 unspecified atom stereocenters. The molecule has 1 rings (SSSR count). The Kier molecular flexibility index (Phi) is 3.28. The van der Waals surface area contributed by atoms with Crippen molar-refractivity contribution in [2.45, 2.75) is 13.2 Å². The summed E-state index contributed by atoms with van der Waals surface area (Å²) in [7, 11) is 0.